The van der Waals surface area contributed by atoms with Gasteiger partial charge in [0.05, 0.1) is 13.2 Å². The van der Waals surface area contributed by atoms with E-state index in [9.17, 15) is 24.2 Å². The van der Waals surface area contributed by atoms with Gasteiger partial charge in [-0.1, -0.05) is 106 Å². The second-order valence-corrected chi connectivity index (χ2v) is 12.2. The predicted octanol–water partition coefficient (Wildman–Crippen LogP) is 8.37. The minimum atomic E-state index is -4.41. The predicted molar refractivity (Wildman–Crippen MR) is 187 cm³/mol. The topological polar surface area (TPSA) is 131 Å². The molecule has 0 heterocycles. The average molecular weight is 666 g/mol. The Bertz CT molecular complexity index is 986. The van der Waals surface area contributed by atoms with Crippen molar-refractivity contribution in [2.24, 2.45) is 0 Å². The lowest BCUT2D eigenvalue weighted by molar-refractivity contribution is -0.147. The van der Waals surface area contributed by atoms with Crippen molar-refractivity contribution in [1.82, 2.24) is 5.32 Å². The van der Waals surface area contributed by atoms with E-state index >= 15 is 0 Å². The molecular weight excluding hydrogens is 605 g/mol. The Balaban J connectivity index is 3.75. The van der Waals surface area contributed by atoms with Crippen LogP contribution in [0.4, 0.5) is 0 Å². The Labute approximate surface area is 278 Å². The highest BCUT2D eigenvalue weighted by atomic mass is 31.2. The number of hydrogen-bond donors (Lipinski definition) is 3. The van der Waals surface area contributed by atoms with Gasteiger partial charge in [0.1, 0.15) is 12.7 Å². The van der Waals surface area contributed by atoms with E-state index in [2.05, 4.69) is 92.1 Å². The smallest absolute Gasteiger partial charge is 0.463 e. The number of allylic oxidation sites excluding steroid dienone is 12. The molecule has 0 radical (unpaired) electrons. The van der Waals surface area contributed by atoms with Crippen molar-refractivity contribution in [2.75, 3.05) is 26.4 Å². The number of aliphatic hydroxyl groups excluding tert-OH is 1. The van der Waals surface area contributed by atoms with Crippen LogP contribution in [0.2, 0.25) is 0 Å². The number of hydrogen-bond acceptors (Lipinski definition) is 7. The van der Waals surface area contributed by atoms with E-state index in [0.717, 1.165) is 77.0 Å². The Morgan fingerprint density at radius 2 is 1.24 bits per heavy atom. The summed E-state index contributed by atoms with van der Waals surface area (Å²) < 4.78 is 26.5. The Kier molecular flexibility index (Phi) is 30.6. The highest BCUT2D eigenvalue weighted by molar-refractivity contribution is 7.47. The van der Waals surface area contributed by atoms with Crippen LogP contribution in [0.1, 0.15) is 110 Å². The number of carbonyl (C=O) groups is 2. The van der Waals surface area contributed by atoms with Crippen molar-refractivity contribution >= 4 is 19.7 Å². The summed E-state index contributed by atoms with van der Waals surface area (Å²) in [5.74, 6) is -0.588. The summed E-state index contributed by atoms with van der Waals surface area (Å²) in [4.78, 5) is 33.3. The van der Waals surface area contributed by atoms with Crippen molar-refractivity contribution in [3.63, 3.8) is 0 Å². The fraction of sp³-hybridized carbons (Fsp3) is 0.611. The third-order valence-electron chi connectivity index (χ3n) is 6.40. The van der Waals surface area contributed by atoms with Crippen molar-refractivity contribution in [2.45, 2.75) is 116 Å². The van der Waals surface area contributed by atoms with Gasteiger partial charge in [-0.15, -0.1) is 0 Å². The maximum Gasteiger partial charge on any atom is 0.472 e. The van der Waals surface area contributed by atoms with E-state index in [-0.39, 0.29) is 32.1 Å². The van der Waals surface area contributed by atoms with Crippen LogP contribution < -0.4 is 5.32 Å². The molecule has 1 amide bonds. The Morgan fingerprint density at radius 1 is 0.696 bits per heavy atom. The maximum absolute atomic E-state index is 11.9. The lowest BCUT2D eigenvalue weighted by Gasteiger charge is -2.15. The fourth-order valence-electron chi connectivity index (χ4n) is 3.85. The fourth-order valence-corrected chi connectivity index (χ4v) is 4.61. The zero-order valence-electron chi connectivity index (χ0n) is 28.2. The van der Waals surface area contributed by atoms with Crippen molar-refractivity contribution in [3.05, 3.63) is 72.9 Å². The van der Waals surface area contributed by atoms with Crippen LogP contribution in [-0.2, 0) is 27.9 Å². The van der Waals surface area contributed by atoms with Gasteiger partial charge in [-0.25, -0.2) is 4.57 Å². The number of phosphoric acid groups is 1. The summed E-state index contributed by atoms with van der Waals surface area (Å²) >= 11 is 0. The molecule has 0 aromatic carbocycles. The lowest BCUT2D eigenvalue weighted by Crippen LogP contribution is -2.27. The molecule has 2 atom stereocenters. The molecule has 0 aromatic heterocycles. The minimum Gasteiger partial charge on any atom is -0.463 e. The summed E-state index contributed by atoms with van der Waals surface area (Å²) in [6, 6.07) is 0. The molecule has 0 rings (SSSR count). The molecule has 262 valence electrons. The molecule has 0 saturated carbocycles. The Hall–Kier alpha value is -2.55. The summed E-state index contributed by atoms with van der Waals surface area (Å²) in [6.07, 6.45) is 37.5. The van der Waals surface area contributed by atoms with Crippen LogP contribution >= 0.6 is 7.82 Å². The van der Waals surface area contributed by atoms with Crippen LogP contribution in [0.3, 0.4) is 0 Å². The van der Waals surface area contributed by atoms with E-state index in [0.29, 0.717) is 12.8 Å². The van der Waals surface area contributed by atoms with Crippen LogP contribution in [0.25, 0.3) is 0 Å². The first kappa shape index (κ1) is 43.5. The molecule has 9 nitrogen and oxygen atoms in total. The van der Waals surface area contributed by atoms with Gasteiger partial charge in [-0.2, -0.15) is 0 Å². The Morgan fingerprint density at radius 3 is 1.80 bits per heavy atom. The molecule has 0 bridgehead atoms. The highest BCUT2D eigenvalue weighted by Gasteiger charge is 2.23. The average Bonchev–Trinajstić information content (AvgIpc) is 3.04. The van der Waals surface area contributed by atoms with Gasteiger partial charge in [0, 0.05) is 19.4 Å². The number of carbonyl (C=O) groups excluding carboxylic acids is 2. The normalized spacial score (nSPS) is 14.4. The first-order valence-electron chi connectivity index (χ1n) is 16.9. The number of unbranched alkanes of at least 4 members (excludes halogenated alkanes) is 5. The number of phosphoric ester groups is 1. The highest BCUT2D eigenvalue weighted by Crippen LogP contribution is 2.42. The van der Waals surface area contributed by atoms with Gasteiger partial charge in [0.25, 0.3) is 0 Å². The van der Waals surface area contributed by atoms with Gasteiger partial charge in [-0.3, -0.25) is 18.6 Å². The number of esters is 1. The molecule has 0 fully saturated rings. The van der Waals surface area contributed by atoms with E-state index in [1.165, 1.54) is 0 Å². The molecule has 10 heteroatoms. The van der Waals surface area contributed by atoms with Gasteiger partial charge in [-0.05, 0) is 64.2 Å². The first-order valence-corrected chi connectivity index (χ1v) is 18.4. The molecule has 0 aliphatic heterocycles. The molecule has 3 N–H and O–H groups in total. The molecule has 0 aliphatic rings. The third-order valence-corrected chi connectivity index (χ3v) is 7.39. The number of amides is 1. The first-order chi connectivity index (χ1) is 22.3. The van der Waals surface area contributed by atoms with Gasteiger partial charge < -0.3 is 20.1 Å². The standard InChI is InChI=1S/C36H60NO8P/c1-3-5-7-9-10-11-12-13-14-15-16-17-18-19-20-21-22-23-24-25-27-29-36(40)43-32-34(38)33-45-46(41,42)44-31-30-37-35(39)28-26-8-6-4-2/h5,7,10-11,13-14,16-17,19-20,22-23,34,38H,3-4,6,8-9,12,15,18,21,24-33H2,1-2H3,(H,37,39)(H,41,42)/b7-5-,11-10-,14-13-,17-16-,20-19-,23-22-. The van der Waals surface area contributed by atoms with Gasteiger partial charge in [0.2, 0.25) is 5.91 Å². The lowest BCUT2D eigenvalue weighted by atomic mass is 10.1. The molecular formula is C36H60NO8P. The van der Waals surface area contributed by atoms with Crippen molar-refractivity contribution in [3.8, 4) is 0 Å². The molecule has 2 unspecified atom stereocenters. The van der Waals surface area contributed by atoms with Crippen LogP contribution in [-0.4, -0.2) is 54.3 Å². The van der Waals surface area contributed by atoms with Gasteiger partial charge in [0.15, 0.2) is 0 Å². The quantitative estimate of drug-likeness (QED) is 0.0302. The van der Waals surface area contributed by atoms with Gasteiger partial charge >= 0.3 is 13.8 Å². The van der Waals surface area contributed by atoms with E-state index < -0.39 is 26.5 Å². The molecule has 0 aromatic rings. The number of rotatable bonds is 30. The zero-order valence-corrected chi connectivity index (χ0v) is 29.1. The van der Waals surface area contributed by atoms with Crippen molar-refractivity contribution in [1.29, 1.82) is 0 Å². The molecule has 0 saturated heterocycles. The summed E-state index contributed by atoms with van der Waals surface area (Å²) in [5.41, 5.74) is 0. The minimum absolute atomic E-state index is 0.0702. The number of aliphatic hydroxyl groups is 1. The summed E-state index contributed by atoms with van der Waals surface area (Å²) in [7, 11) is -4.41. The summed E-state index contributed by atoms with van der Waals surface area (Å²) in [5, 5.41) is 12.5. The largest absolute Gasteiger partial charge is 0.472 e. The van der Waals surface area contributed by atoms with Crippen LogP contribution in [0.5, 0.6) is 0 Å². The molecule has 0 spiro atoms. The van der Waals surface area contributed by atoms with E-state index in [4.69, 9.17) is 13.8 Å². The van der Waals surface area contributed by atoms with Crippen LogP contribution in [0, 0.1) is 0 Å². The monoisotopic (exact) mass is 665 g/mol. The van der Waals surface area contributed by atoms with Crippen molar-refractivity contribution < 1.29 is 37.9 Å². The second-order valence-electron chi connectivity index (χ2n) is 10.8. The summed E-state index contributed by atoms with van der Waals surface area (Å²) in [6.45, 7) is 3.21. The number of ether oxygens (including phenoxy) is 1. The molecule has 46 heavy (non-hydrogen) atoms. The zero-order chi connectivity index (χ0) is 34.0. The SMILES string of the molecule is CC/C=C\C/C=C\C/C=C\C/C=C\C/C=C\C/C=C\CCCCC(=O)OCC(O)COP(=O)(O)OCCNC(=O)CCCCCC. The number of nitrogens with one attached hydrogen (secondary N) is 1. The molecule has 0 aliphatic carbocycles. The maximum atomic E-state index is 11.9. The van der Waals surface area contributed by atoms with Crippen LogP contribution in [0.15, 0.2) is 72.9 Å². The van der Waals surface area contributed by atoms with E-state index in [1.807, 2.05) is 0 Å². The third kappa shape index (κ3) is 32.8. The second kappa shape index (κ2) is 32.4. The van der Waals surface area contributed by atoms with E-state index in [1.54, 1.807) is 0 Å².